The van der Waals surface area contributed by atoms with Crippen LogP contribution in [0.2, 0.25) is 0 Å². The molecule has 0 spiro atoms. The molecule has 1 aliphatic rings. The number of hydrogen-bond acceptors (Lipinski definition) is 6. The number of carbonyl (C=O) groups is 1. The van der Waals surface area contributed by atoms with Crippen LogP contribution in [0.3, 0.4) is 0 Å². The number of benzene rings is 1. The van der Waals surface area contributed by atoms with Crippen LogP contribution in [0, 0.1) is 5.82 Å². The summed E-state index contributed by atoms with van der Waals surface area (Å²) in [6.07, 6.45) is 0. The highest BCUT2D eigenvalue weighted by Crippen LogP contribution is 2.28. The predicted octanol–water partition coefficient (Wildman–Crippen LogP) is 2.31. The van der Waals surface area contributed by atoms with Crippen LogP contribution in [0.5, 0.6) is 5.75 Å². The lowest BCUT2D eigenvalue weighted by Gasteiger charge is -2.22. The average Bonchev–Trinajstić information content (AvgIpc) is 3.04. The van der Waals surface area contributed by atoms with Gasteiger partial charge in [0.2, 0.25) is 5.91 Å². The van der Waals surface area contributed by atoms with E-state index in [2.05, 4.69) is 15.6 Å². The Labute approximate surface area is 148 Å². The van der Waals surface area contributed by atoms with Crippen molar-refractivity contribution >= 4 is 34.8 Å². The Morgan fingerprint density at radius 2 is 2.38 bits per heavy atom. The SMILES string of the molecule is COc1ccc(-c2csc(NC(=O)C3COCCN3)n2)cc1F.Cl. The highest BCUT2D eigenvalue weighted by atomic mass is 35.5. The topological polar surface area (TPSA) is 72.5 Å². The second kappa shape index (κ2) is 8.39. The molecule has 1 atom stereocenters. The van der Waals surface area contributed by atoms with Crippen molar-refractivity contribution < 1.29 is 18.7 Å². The lowest BCUT2D eigenvalue weighted by Crippen LogP contribution is -2.48. The lowest BCUT2D eigenvalue weighted by atomic mass is 10.1. The number of halogens is 2. The Bertz CT molecular complexity index is 707. The molecule has 1 aromatic carbocycles. The minimum atomic E-state index is -0.452. The molecule has 2 heterocycles. The van der Waals surface area contributed by atoms with Gasteiger partial charge in [-0.15, -0.1) is 23.7 Å². The Hall–Kier alpha value is -1.74. The van der Waals surface area contributed by atoms with Crippen molar-refractivity contribution in [3.05, 3.63) is 29.4 Å². The van der Waals surface area contributed by atoms with E-state index in [1.807, 2.05) is 0 Å². The molecule has 1 aliphatic heterocycles. The second-order valence-corrected chi connectivity index (χ2v) is 5.82. The van der Waals surface area contributed by atoms with E-state index < -0.39 is 5.82 Å². The van der Waals surface area contributed by atoms with Crippen molar-refractivity contribution in [2.75, 3.05) is 32.2 Å². The number of ether oxygens (including phenoxy) is 2. The minimum absolute atomic E-state index is 0. The van der Waals surface area contributed by atoms with E-state index >= 15 is 0 Å². The van der Waals surface area contributed by atoms with Crippen molar-refractivity contribution in [1.29, 1.82) is 0 Å². The van der Waals surface area contributed by atoms with Gasteiger partial charge in [-0.05, 0) is 18.2 Å². The summed E-state index contributed by atoms with van der Waals surface area (Å²) < 4.78 is 23.9. The zero-order chi connectivity index (χ0) is 16.2. The average molecular weight is 374 g/mol. The molecule has 0 bridgehead atoms. The normalized spacial score (nSPS) is 17.0. The number of carbonyl (C=O) groups excluding carboxylic acids is 1. The number of thiazole rings is 1. The van der Waals surface area contributed by atoms with E-state index in [1.54, 1.807) is 17.5 Å². The number of aromatic nitrogens is 1. The summed E-state index contributed by atoms with van der Waals surface area (Å²) in [7, 11) is 1.41. The standard InChI is InChI=1S/C15H16FN3O3S.ClH/c1-21-13-3-2-9(6-10(13)16)12-8-23-15(18-12)19-14(20)11-7-22-5-4-17-11;/h2-3,6,8,11,17H,4-5,7H2,1H3,(H,18,19,20);1H. The molecule has 1 aromatic heterocycles. The predicted molar refractivity (Wildman–Crippen MR) is 92.5 cm³/mol. The molecular formula is C15H17ClFN3O3S. The summed E-state index contributed by atoms with van der Waals surface area (Å²) >= 11 is 1.29. The van der Waals surface area contributed by atoms with Gasteiger partial charge in [-0.2, -0.15) is 0 Å². The summed E-state index contributed by atoms with van der Waals surface area (Å²) in [5.74, 6) is -0.459. The van der Waals surface area contributed by atoms with E-state index in [1.165, 1.54) is 24.5 Å². The molecule has 2 aromatic rings. The molecular weight excluding hydrogens is 357 g/mol. The van der Waals surface area contributed by atoms with Gasteiger partial charge in [-0.3, -0.25) is 4.79 Å². The molecule has 1 fully saturated rings. The van der Waals surface area contributed by atoms with Crippen LogP contribution in [0.4, 0.5) is 9.52 Å². The smallest absolute Gasteiger partial charge is 0.245 e. The number of methoxy groups -OCH3 is 1. The molecule has 1 saturated heterocycles. The Morgan fingerprint density at radius 1 is 1.54 bits per heavy atom. The number of nitrogens with one attached hydrogen (secondary N) is 2. The van der Waals surface area contributed by atoms with Crippen LogP contribution in [-0.2, 0) is 9.53 Å². The maximum Gasteiger partial charge on any atom is 0.245 e. The lowest BCUT2D eigenvalue weighted by molar-refractivity contribution is -0.120. The number of rotatable bonds is 4. The monoisotopic (exact) mass is 373 g/mol. The summed E-state index contributed by atoms with van der Waals surface area (Å²) in [4.78, 5) is 16.4. The first-order valence-corrected chi connectivity index (χ1v) is 7.97. The third kappa shape index (κ3) is 4.21. The highest BCUT2D eigenvalue weighted by Gasteiger charge is 2.22. The van der Waals surface area contributed by atoms with Crippen LogP contribution in [0.25, 0.3) is 11.3 Å². The molecule has 2 N–H and O–H groups in total. The number of anilines is 1. The summed E-state index contributed by atoms with van der Waals surface area (Å²) in [5.41, 5.74) is 1.22. The van der Waals surface area contributed by atoms with Crippen molar-refractivity contribution in [3.8, 4) is 17.0 Å². The zero-order valence-electron chi connectivity index (χ0n) is 12.9. The maximum absolute atomic E-state index is 13.8. The van der Waals surface area contributed by atoms with E-state index in [4.69, 9.17) is 9.47 Å². The molecule has 0 saturated carbocycles. The maximum atomic E-state index is 13.8. The number of nitrogens with zero attached hydrogens (tertiary/aromatic N) is 1. The van der Waals surface area contributed by atoms with Crippen LogP contribution >= 0.6 is 23.7 Å². The molecule has 9 heteroatoms. The fourth-order valence-electron chi connectivity index (χ4n) is 2.22. The fraction of sp³-hybridized carbons (Fsp3) is 0.333. The van der Waals surface area contributed by atoms with Gasteiger partial charge in [0.1, 0.15) is 6.04 Å². The quantitative estimate of drug-likeness (QED) is 0.860. The first kappa shape index (κ1) is 18.6. The van der Waals surface area contributed by atoms with Gasteiger partial charge in [0.25, 0.3) is 0 Å². The molecule has 0 radical (unpaired) electrons. The van der Waals surface area contributed by atoms with Gasteiger partial charge in [-0.1, -0.05) is 0 Å². The van der Waals surface area contributed by atoms with Crippen LogP contribution in [-0.4, -0.2) is 43.8 Å². The first-order valence-electron chi connectivity index (χ1n) is 7.09. The van der Waals surface area contributed by atoms with Gasteiger partial charge >= 0.3 is 0 Å². The van der Waals surface area contributed by atoms with Gasteiger partial charge in [0, 0.05) is 17.5 Å². The van der Waals surface area contributed by atoms with E-state index in [9.17, 15) is 9.18 Å². The van der Waals surface area contributed by atoms with Crippen molar-refractivity contribution in [1.82, 2.24) is 10.3 Å². The molecule has 1 unspecified atom stereocenters. The van der Waals surface area contributed by atoms with Crippen molar-refractivity contribution in [2.24, 2.45) is 0 Å². The van der Waals surface area contributed by atoms with Gasteiger partial charge in [0.15, 0.2) is 16.7 Å². The molecule has 1 amide bonds. The summed E-state index contributed by atoms with van der Waals surface area (Å²) in [6, 6.07) is 4.25. The Balaban J connectivity index is 0.00000208. The number of amides is 1. The largest absolute Gasteiger partial charge is 0.494 e. The Morgan fingerprint density at radius 3 is 3.04 bits per heavy atom. The van der Waals surface area contributed by atoms with Crippen LogP contribution in [0.1, 0.15) is 0 Å². The highest BCUT2D eigenvalue weighted by molar-refractivity contribution is 7.14. The first-order chi connectivity index (χ1) is 11.2. The van der Waals surface area contributed by atoms with Crippen molar-refractivity contribution in [3.63, 3.8) is 0 Å². The Kier molecular flexibility index (Phi) is 6.50. The minimum Gasteiger partial charge on any atom is -0.494 e. The number of morpholine rings is 1. The molecule has 6 nitrogen and oxygen atoms in total. The van der Waals surface area contributed by atoms with Gasteiger partial charge in [0.05, 0.1) is 26.0 Å². The van der Waals surface area contributed by atoms with Crippen LogP contribution in [0.15, 0.2) is 23.6 Å². The van der Waals surface area contributed by atoms with E-state index in [-0.39, 0.29) is 30.1 Å². The van der Waals surface area contributed by atoms with Gasteiger partial charge in [-0.25, -0.2) is 9.37 Å². The van der Waals surface area contributed by atoms with E-state index in [0.29, 0.717) is 36.1 Å². The van der Waals surface area contributed by atoms with Crippen molar-refractivity contribution in [2.45, 2.75) is 6.04 Å². The molecule has 3 rings (SSSR count). The zero-order valence-corrected chi connectivity index (χ0v) is 14.5. The van der Waals surface area contributed by atoms with E-state index in [0.717, 1.165) is 0 Å². The fourth-order valence-corrected chi connectivity index (χ4v) is 2.94. The summed E-state index contributed by atoms with van der Waals surface area (Å²) in [5, 5.41) is 8.05. The third-order valence-corrected chi connectivity index (χ3v) is 4.18. The van der Waals surface area contributed by atoms with Gasteiger partial charge < -0.3 is 20.1 Å². The van der Waals surface area contributed by atoms with Crippen LogP contribution < -0.4 is 15.4 Å². The second-order valence-electron chi connectivity index (χ2n) is 4.96. The third-order valence-electron chi connectivity index (χ3n) is 3.42. The molecule has 130 valence electrons. The number of hydrogen-bond donors (Lipinski definition) is 2. The summed E-state index contributed by atoms with van der Waals surface area (Å²) in [6.45, 7) is 1.59. The molecule has 24 heavy (non-hydrogen) atoms. The molecule has 0 aliphatic carbocycles.